The fourth-order valence-electron chi connectivity index (χ4n) is 1.18. The third-order valence-corrected chi connectivity index (χ3v) is 1.89. The van der Waals surface area contributed by atoms with E-state index in [1.807, 2.05) is 0 Å². The van der Waals surface area contributed by atoms with Gasteiger partial charge >= 0.3 is 0 Å². The minimum atomic E-state index is 0.301. The minimum Gasteiger partial charge on any atom is -0.135 e. The quantitative estimate of drug-likeness (QED) is 0.476. The van der Waals surface area contributed by atoms with Crippen LogP contribution in [0.4, 0.5) is 0 Å². The van der Waals surface area contributed by atoms with Gasteiger partial charge in [-0.05, 0) is 31.3 Å². The van der Waals surface area contributed by atoms with Crippen LogP contribution in [0.3, 0.4) is 0 Å². The molecule has 0 spiro atoms. The van der Waals surface area contributed by atoms with Gasteiger partial charge in [0.25, 0.3) is 0 Å². The Balaban J connectivity index is 2.18. The lowest BCUT2D eigenvalue weighted by Gasteiger charge is -2.00. The lowest BCUT2D eigenvalue weighted by molar-refractivity contribution is 0.732. The van der Waals surface area contributed by atoms with E-state index >= 15 is 0 Å². The molecule has 0 aromatic carbocycles. The second-order valence-corrected chi connectivity index (χ2v) is 2.89. The topological polar surface area (TPSA) is 155 Å². The molecule has 3 heterocycles. The molecule has 3 aromatic heterocycles. The van der Waals surface area contributed by atoms with E-state index in [1.165, 1.54) is 12.4 Å². The maximum absolute atomic E-state index is 3.82. The van der Waals surface area contributed by atoms with Gasteiger partial charge in [-0.2, -0.15) is 0 Å². The van der Waals surface area contributed by atoms with Crippen LogP contribution in [0.5, 0.6) is 0 Å². The molecule has 0 aliphatic rings. The van der Waals surface area contributed by atoms with E-state index < -0.39 is 0 Å². The van der Waals surface area contributed by atoms with Crippen LogP contribution in [0.1, 0.15) is 0 Å². The van der Waals surface area contributed by atoms with Crippen molar-refractivity contribution in [3.8, 4) is 22.8 Å². The van der Waals surface area contributed by atoms with E-state index in [2.05, 4.69) is 61.9 Å². The summed E-state index contributed by atoms with van der Waals surface area (Å²) in [4.78, 5) is 0. The average Bonchev–Trinajstić information content (AvgIpc) is 2.49. The zero-order chi connectivity index (χ0) is 12.2. The van der Waals surface area contributed by atoms with E-state index in [0.29, 0.717) is 22.8 Å². The molecule has 0 bridgehead atoms. The fraction of sp³-hybridized carbons (Fsp3) is 0. The molecule has 12 nitrogen and oxygen atoms in total. The monoisotopic (exact) mass is 242 g/mol. The smallest absolute Gasteiger partial charge is 0.135 e. The number of rotatable bonds is 2. The fourth-order valence-corrected chi connectivity index (χ4v) is 1.18. The third-order valence-electron chi connectivity index (χ3n) is 1.89. The van der Waals surface area contributed by atoms with Crippen molar-refractivity contribution in [1.29, 1.82) is 0 Å². The van der Waals surface area contributed by atoms with Gasteiger partial charge in [0.1, 0.15) is 22.8 Å². The largest absolute Gasteiger partial charge is 0.147 e. The van der Waals surface area contributed by atoms with E-state index in [4.69, 9.17) is 0 Å². The van der Waals surface area contributed by atoms with E-state index in [1.54, 1.807) is 0 Å². The van der Waals surface area contributed by atoms with Crippen molar-refractivity contribution in [2.24, 2.45) is 0 Å². The third kappa shape index (κ3) is 1.77. The first-order valence-electron chi connectivity index (χ1n) is 4.54. The zero-order valence-electron chi connectivity index (χ0n) is 8.52. The standard InChI is InChI=1S/C6H2N12/c1-3(9-15-13-7-1)5-6(12-18-17-11-5)4-2-8-14-16-10-4/h1-2H. The molecule has 0 unspecified atom stereocenters. The lowest BCUT2D eigenvalue weighted by atomic mass is 10.2. The molecule has 0 N–H and O–H groups in total. The highest BCUT2D eigenvalue weighted by Crippen LogP contribution is 2.21. The minimum absolute atomic E-state index is 0.301. The van der Waals surface area contributed by atoms with E-state index in [-0.39, 0.29) is 0 Å². The van der Waals surface area contributed by atoms with Gasteiger partial charge in [-0.15, -0.1) is 30.6 Å². The van der Waals surface area contributed by atoms with Gasteiger partial charge in [-0.3, -0.25) is 0 Å². The zero-order valence-corrected chi connectivity index (χ0v) is 8.52. The summed E-state index contributed by atoms with van der Waals surface area (Å²) in [5, 5.41) is 42.7. The highest BCUT2D eigenvalue weighted by atomic mass is 15.5. The Kier molecular flexibility index (Phi) is 2.42. The average molecular weight is 242 g/mol. The first-order chi connectivity index (χ1) is 8.95. The first kappa shape index (κ1) is 10.0. The summed E-state index contributed by atoms with van der Waals surface area (Å²) in [5.74, 6) is 0. The first-order valence-corrected chi connectivity index (χ1v) is 4.54. The van der Waals surface area contributed by atoms with E-state index in [9.17, 15) is 0 Å². The van der Waals surface area contributed by atoms with Gasteiger partial charge in [0.05, 0.1) is 12.4 Å². The molecule has 12 heteroatoms. The molecule has 0 saturated carbocycles. The molecule has 0 saturated heterocycles. The maximum Gasteiger partial charge on any atom is 0.147 e. The molecule has 18 heavy (non-hydrogen) atoms. The Hall–Kier alpha value is -3.18. The van der Waals surface area contributed by atoms with E-state index in [0.717, 1.165) is 0 Å². The molecule has 0 aliphatic carbocycles. The van der Waals surface area contributed by atoms with Crippen LogP contribution in [0, 0.1) is 0 Å². The normalized spacial score (nSPS) is 10.2. The predicted octanol–water partition coefficient (Wildman–Crippen LogP) is -2.24. The maximum atomic E-state index is 3.82. The Labute approximate surface area is 97.9 Å². The van der Waals surface area contributed by atoms with Gasteiger partial charge in [0, 0.05) is 0 Å². The highest BCUT2D eigenvalue weighted by molar-refractivity contribution is 5.71. The Bertz CT molecular complexity index is 582. The van der Waals surface area contributed by atoms with Crippen LogP contribution in [-0.4, -0.2) is 61.9 Å². The summed E-state index contributed by atoms with van der Waals surface area (Å²) < 4.78 is 0. The second kappa shape index (κ2) is 4.36. The van der Waals surface area contributed by atoms with Gasteiger partial charge in [-0.1, -0.05) is 0 Å². The summed E-state index contributed by atoms with van der Waals surface area (Å²) in [5.41, 5.74) is 1.27. The molecule has 0 aliphatic heterocycles. The van der Waals surface area contributed by atoms with Crippen LogP contribution in [-0.2, 0) is 0 Å². The van der Waals surface area contributed by atoms with Crippen LogP contribution in [0.2, 0.25) is 0 Å². The Morgan fingerprint density at radius 1 is 0.500 bits per heavy atom. The lowest BCUT2D eigenvalue weighted by Crippen LogP contribution is -2.04. The van der Waals surface area contributed by atoms with Crippen molar-refractivity contribution >= 4 is 0 Å². The van der Waals surface area contributed by atoms with Crippen molar-refractivity contribution in [2.75, 3.05) is 0 Å². The molecule has 3 rings (SSSR count). The molecule has 0 atom stereocenters. The van der Waals surface area contributed by atoms with Gasteiger partial charge in [0.2, 0.25) is 0 Å². The van der Waals surface area contributed by atoms with Crippen molar-refractivity contribution in [1.82, 2.24) is 61.9 Å². The van der Waals surface area contributed by atoms with Crippen molar-refractivity contribution in [3.05, 3.63) is 12.4 Å². The summed E-state index contributed by atoms with van der Waals surface area (Å²) in [6.07, 6.45) is 2.73. The molecular formula is C6H2N12. The van der Waals surface area contributed by atoms with Crippen LogP contribution in [0.25, 0.3) is 22.8 Å². The number of nitrogens with zero attached hydrogens (tertiary/aromatic N) is 12. The van der Waals surface area contributed by atoms with Crippen molar-refractivity contribution in [2.45, 2.75) is 0 Å². The summed E-state index contributed by atoms with van der Waals surface area (Å²) in [6.45, 7) is 0. The highest BCUT2D eigenvalue weighted by Gasteiger charge is 2.15. The second-order valence-electron chi connectivity index (χ2n) is 2.89. The predicted molar refractivity (Wildman–Crippen MR) is 50.9 cm³/mol. The summed E-state index contributed by atoms with van der Waals surface area (Å²) in [6, 6.07) is 0. The SMILES string of the molecule is c1nnnnc1-c1nnnnc1-c1cnnnn1. The molecule has 3 aromatic rings. The van der Waals surface area contributed by atoms with Crippen molar-refractivity contribution in [3.63, 3.8) is 0 Å². The number of hydrogen-bond donors (Lipinski definition) is 0. The van der Waals surface area contributed by atoms with Gasteiger partial charge < -0.3 is 0 Å². The molecule has 0 fully saturated rings. The van der Waals surface area contributed by atoms with Gasteiger partial charge in [0.15, 0.2) is 0 Å². The molecule has 86 valence electrons. The van der Waals surface area contributed by atoms with Crippen LogP contribution in [0.15, 0.2) is 12.4 Å². The summed E-state index contributed by atoms with van der Waals surface area (Å²) in [7, 11) is 0. The Morgan fingerprint density at radius 2 is 0.944 bits per heavy atom. The van der Waals surface area contributed by atoms with Gasteiger partial charge in [-0.25, -0.2) is 0 Å². The van der Waals surface area contributed by atoms with Crippen LogP contribution < -0.4 is 0 Å². The molecule has 0 radical (unpaired) electrons. The summed E-state index contributed by atoms with van der Waals surface area (Å²) >= 11 is 0. The Morgan fingerprint density at radius 3 is 1.33 bits per heavy atom. The van der Waals surface area contributed by atoms with Crippen molar-refractivity contribution < 1.29 is 0 Å². The molecule has 0 amide bonds. The van der Waals surface area contributed by atoms with Crippen LogP contribution >= 0.6 is 0 Å². The number of aromatic nitrogens is 12. The number of hydrogen-bond acceptors (Lipinski definition) is 12. The molecular weight excluding hydrogens is 240 g/mol.